The molecule has 1 saturated heterocycles. The van der Waals surface area contributed by atoms with Crippen LogP contribution in [0.4, 0.5) is 0 Å². The number of hydrogen-bond acceptors (Lipinski definition) is 5. The summed E-state index contributed by atoms with van der Waals surface area (Å²) in [4.78, 5) is 12.2. The van der Waals surface area contributed by atoms with Gasteiger partial charge in [-0.15, -0.1) is 17.5 Å². The van der Waals surface area contributed by atoms with Crippen molar-refractivity contribution in [2.75, 3.05) is 26.2 Å². The molecule has 0 bridgehead atoms. The third-order valence-corrected chi connectivity index (χ3v) is 4.78. The minimum Gasteiger partial charge on any atom is -0.492 e. The summed E-state index contributed by atoms with van der Waals surface area (Å²) in [5.74, 6) is 0.593. The van der Waals surface area contributed by atoms with Gasteiger partial charge in [0.05, 0.1) is 18.8 Å². The molecule has 3 rings (SSSR count). The minimum absolute atomic E-state index is 0. The maximum absolute atomic E-state index is 12.2. The Morgan fingerprint density at radius 1 is 1.32 bits per heavy atom. The molecule has 1 aromatic heterocycles. The molecule has 154 valence electrons. The number of rotatable bonds is 6. The number of piperidine rings is 1. The van der Waals surface area contributed by atoms with Gasteiger partial charge in [-0.2, -0.15) is 0 Å². The second-order valence-electron chi connectivity index (χ2n) is 7.95. The molecule has 1 aliphatic heterocycles. The Morgan fingerprint density at radius 2 is 2.07 bits per heavy atom. The lowest BCUT2D eigenvalue weighted by Gasteiger charge is -2.22. The number of halogens is 1. The Morgan fingerprint density at radius 3 is 2.79 bits per heavy atom. The van der Waals surface area contributed by atoms with Crippen molar-refractivity contribution in [3.8, 4) is 5.75 Å². The third-order valence-electron chi connectivity index (χ3n) is 4.78. The Bertz CT molecular complexity index is 766. The number of benzene rings is 1. The molecule has 1 aromatic carbocycles. The van der Waals surface area contributed by atoms with Gasteiger partial charge in [0.15, 0.2) is 5.69 Å². The van der Waals surface area contributed by atoms with E-state index in [2.05, 4.69) is 47.8 Å². The average molecular weight is 408 g/mol. The smallest absolute Gasteiger partial charge is 0.273 e. The van der Waals surface area contributed by atoms with Gasteiger partial charge in [-0.1, -0.05) is 38.1 Å². The highest BCUT2D eigenvalue weighted by molar-refractivity contribution is 5.91. The van der Waals surface area contributed by atoms with Gasteiger partial charge in [0.25, 0.3) is 5.91 Å². The minimum atomic E-state index is -0.220. The fraction of sp³-hybridized carbons (Fsp3) is 0.550. The van der Waals surface area contributed by atoms with Crippen LogP contribution >= 0.6 is 12.4 Å². The van der Waals surface area contributed by atoms with E-state index >= 15 is 0 Å². The Kier molecular flexibility index (Phi) is 7.83. The molecule has 0 atom stereocenters. The molecule has 1 fully saturated rings. The van der Waals surface area contributed by atoms with Gasteiger partial charge in [0.2, 0.25) is 0 Å². The largest absolute Gasteiger partial charge is 0.492 e. The van der Waals surface area contributed by atoms with Crippen molar-refractivity contribution in [2.45, 2.75) is 45.1 Å². The van der Waals surface area contributed by atoms with Crippen LogP contribution in [0.3, 0.4) is 0 Å². The standard InChI is InChI=1S/C20H29N5O2.ClH/c1-20(2,3)15-5-4-6-17(13-15)27-12-11-22-19(26)18-14-25(24-23-18)16-7-9-21-10-8-16;/h4-6,13-14,16,21H,7-12H2,1-3H3,(H,22,26);1H. The monoisotopic (exact) mass is 407 g/mol. The fourth-order valence-corrected chi connectivity index (χ4v) is 3.11. The number of nitrogens with one attached hydrogen (secondary N) is 2. The maximum Gasteiger partial charge on any atom is 0.273 e. The van der Waals surface area contributed by atoms with Crippen molar-refractivity contribution in [1.82, 2.24) is 25.6 Å². The van der Waals surface area contributed by atoms with Crippen molar-refractivity contribution >= 4 is 18.3 Å². The molecule has 2 N–H and O–H groups in total. The summed E-state index contributed by atoms with van der Waals surface area (Å²) >= 11 is 0. The van der Waals surface area contributed by atoms with Crippen LogP contribution in [0, 0.1) is 0 Å². The molecule has 0 spiro atoms. The van der Waals surface area contributed by atoms with Crippen molar-refractivity contribution in [2.24, 2.45) is 0 Å². The lowest BCUT2D eigenvalue weighted by atomic mass is 9.87. The zero-order valence-electron chi connectivity index (χ0n) is 16.8. The van der Waals surface area contributed by atoms with E-state index in [0.29, 0.717) is 24.9 Å². The lowest BCUT2D eigenvalue weighted by molar-refractivity contribution is 0.0942. The summed E-state index contributed by atoms with van der Waals surface area (Å²) < 4.78 is 7.58. The zero-order valence-corrected chi connectivity index (χ0v) is 17.6. The number of nitrogens with zero attached hydrogens (tertiary/aromatic N) is 3. The topological polar surface area (TPSA) is 81.1 Å². The summed E-state index contributed by atoms with van der Waals surface area (Å²) in [7, 11) is 0. The van der Waals surface area contributed by atoms with Gasteiger partial charge in [-0.25, -0.2) is 4.68 Å². The summed E-state index contributed by atoms with van der Waals surface area (Å²) in [5.41, 5.74) is 1.65. The summed E-state index contributed by atoms with van der Waals surface area (Å²) in [6.07, 6.45) is 3.75. The van der Waals surface area contributed by atoms with Crippen LogP contribution in [-0.4, -0.2) is 47.1 Å². The van der Waals surface area contributed by atoms with Gasteiger partial charge in [-0.05, 0) is 49.0 Å². The molecule has 1 amide bonds. The van der Waals surface area contributed by atoms with E-state index in [4.69, 9.17) is 4.74 Å². The van der Waals surface area contributed by atoms with E-state index in [9.17, 15) is 4.79 Å². The van der Waals surface area contributed by atoms with Gasteiger partial charge in [-0.3, -0.25) is 4.79 Å². The van der Waals surface area contributed by atoms with Gasteiger partial charge < -0.3 is 15.4 Å². The highest BCUT2D eigenvalue weighted by Crippen LogP contribution is 2.25. The van der Waals surface area contributed by atoms with Crippen LogP contribution in [0.15, 0.2) is 30.5 Å². The molecule has 7 nitrogen and oxygen atoms in total. The van der Waals surface area contributed by atoms with E-state index in [-0.39, 0.29) is 23.7 Å². The molecule has 2 aromatic rings. The number of ether oxygens (including phenoxy) is 1. The number of aromatic nitrogens is 3. The molecule has 28 heavy (non-hydrogen) atoms. The highest BCUT2D eigenvalue weighted by Gasteiger charge is 2.18. The van der Waals surface area contributed by atoms with Crippen molar-refractivity contribution < 1.29 is 9.53 Å². The highest BCUT2D eigenvalue weighted by atomic mass is 35.5. The SMILES string of the molecule is CC(C)(C)c1cccc(OCCNC(=O)c2cn(C3CCNCC3)nn2)c1.Cl. The van der Waals surface area contributed by atoms with Crippen LogP contribution in [0.1, 0.15) is 55.7 Å². The molecule has 0 aliphatic carbocycles. The first-order valence-corrected chi connectivity index (χ1v) is 9.57. The van der Waals surface area contributed by atoms with Crippen LogP contribution in [0.2, 0.25) is 0 Å². The molecule has 2 heterocycles. The van der Waals surface area contributed by atoms with Crippen LogP contribution in [0.5, 0.6) is 5.75 Å². The summed E-state index contributed by atoms with van der Waals surface area (Å²) in [6.45, 7) is 9.27. The molecule has 0 radical (unpaired) electrons. The molecule has 0 unspecified atom stereocenters. The lowest BCUT2D eigenvalue weighted by Crippen LogP contribution is -2.30. The maximum atomic E-state index is 12.2. The molecule has 1 aliphatic rings. The van der Waals surface area contributed by atoms with Crippen molar-refractivity contribution in [3.63, 3.8) is 0 Å². The normalized spacial score (nSPS) is 15.0. The first-order valence-electron chi connectivity index (χ1n) is 9.57. The summed E-state index contributed by atoms with van der Waals surface area (Å²) in [5, 5.41) is 14.3. The van der Waals surface area contributed by atoms with Crippen LogP contribution in [-0.2, 0) is 5.41 Å². The average Bonchev–Trinajstić information content (AvgIpc) is 3.16. The number of carbonyl (C=O) groups excluding carboxylic acids is 1. The summed E-state index contributed by atoms with van der Waals surface area (Å²) in [6, 6.07) is 8.39. The predicted octanol–water partition coefficient (Wildman–Crippen LogP) is 2.73. The first kappa shape index (κ1) is 22.2. The van der Waals surface area contributed by atoms with Gasteiger partial charge >= 0.3 is 0 Å². The Hall–Kier alpha value is -2.12. The van der Waals surface area contributed by atoms with E-state index in [0.717, 1.165) is 31.7 Å². The van der Waals surface area contributed by atoms with Gasteiger partial charge in [0, 0.05) is 0 Å². The Balaban J connectivity index is 0.00000280. The fourth-order valence-electron chi connectivity index (χ4n) is 3.11. The van der Waals surface area contributed by atoms with Crippen molar-refractivity contribution in [1.29, 1.82) is 0 Å². The second-order valence-corrected chi connectivity index (χ2v) is 7.95. The first-order chi connectivity index (χ1) is 12.9. The van der Waals surface area contributed by atoms with Crippen molar-refractivity contribution in [3.05, 3.63) is 41.7 Å². The quantitative estimate of drug-likeness (QED) is 0.719. The molecule has 8 heteroatoms. The van der Waals surface area contributed by atoms with E-state index < -0.39 is 0 Å². The molecule has 0 saturated carbocycles. The van der Waals surface area contributed by atoms with E-state index in [1.54, 1.807) is 6.20 Å². The van der Waals surface area contributed by atoms with Crippen LogP contribution < -0.4 is 15.4 Å². The third kappa shape index (κ3) is 5.94. The number of hydrogen-bond donors (Lipinski definition) is 2. The molecular weight excluding hydrogens is 378 g/mol. The second kappa shape index (κ2) is 9.89. The van der Waals surface area contributed by atoms with Gasteiger partial charge in [0.1, 0.15) is 12.4 Å². The van der Waals surface area contributed by atoms with E-state index in [1.165, 1.54) is 5.56 Å². The predicted molar refractivity (Wildman–Crippen MR) is 111 cm³/mol. The van der Waals surface area contributed by atoms with Crippen LogP contribution in [0.25, 0.3) is 0 Å². The zero-order chi connectivity index (χ0) is 19.3. The number of carbonyl (C=O) groups is 1. The molecular formula is C20H30ClN5O2. The Labute approximate surface area is 172 Å². The number of amides is 1. The van der Waals surface area contributed by atoms with E-state index in [1.807, 2.05) is 22.9 Å².